The molecule has 26 heavy (non-hydrogen) atoms. The van der Waals surface area contributed by atoms with Gasteiger partial charge < -0.3 is 15.2 Å². The lowest BCUT2D eigenvalue weighted by molar-refractivity contribution is 0.205. The van der Waals surface area contributed by atoms with E-state index < -0.39 is 0 Å². The highest BCUT2D eigenvalue weighted by Crippen LogP contribution is 2.49. The summed E-state index contributed by atoms with van der Waals surface area (Å²) in [5.41, 5.74) is 12.3. The number of nitrogens with two attached hydrogens (primary N) is 1. The fourth-order valence-corrected chi connectivity index (χ4v) is 3.57. The maximum absolute atomic E-state index is 6.28. The SMILES string of the molecule is C=CCC1Oc2cccc(OC)c2-c2ccc(-c3ccccc3N)cc21. The predicted octanol–water partition coefficient (Wildman–Crippen LogP) is 5.62. The third-order valence-corrected chi connectivity index (χ3v) is 4.80. The van der Waals surface area contributed by atoms with Crippen molar-refractivity contribution in [1.29, 1.82) is 0 Å². The molecule has 0 saturated carbocycles. The first-order chi connectivity index (χ1) is 12.7. The minimum atomic E-state index is -0.0769. The van der Waals surface area contributed by atoms with Crippen molar-refractivity contribution in [3.8, 4) is 33.8 Å². The Morgan fingerprint density at radius 3 is 2.69 bits per heavy atom. The van der Waals surface area contributed by atoms with Gasteiger partial charge in [-0.3, -0.25) is 0 Å². The van der Waals surface area contributed by atoms with Crippen molar-refractivity contribution in [1.82, 2.24) is 0 Å². The second-order valence-corrected chi connectivity index (χ2v) is 6.35. The van der Waals surface area contributed by atoms with Gasteiger partial charge in [0.1, 0.15) is 17.6 Å². The van der Waals surface area contributed by atoms with Gasteiger partial charge in [0.15, 0.2) is 0 Å². The van der Waals surface area contributed by atoms with Crippen molar-refractivity contribution in [3.63, 3.8) is 0 Å². The molecule has 0 fully saturated rings. The first kappa shape index (κ1) is 16.3. The first-order valence-electron chi connectivity index (χ1n) is 8.66. The second kappa shape index (κ2) is 6.60. The van der Waals surface area contributed by atoms with E-state index in [1.807, 2.05) is 48.5 Å². The van der Waals surface area contributed by atoms with Crippen molar-refractivity contribution in [2.45, 2.75) is 12.5 Å². The molecule has 1 aliphatic heterocycles. The molecule has 0 aromatic heterocycles. The summed E-state index contributed by atoms with van der Waals surface area (Å²) in [6.45, 7) is 3.89. The van der Waals surface area contributed by atoms with Gasteiger partial charge >= 0.3 is 0 Å². The Balaban J connectivity index is 1.92. The summed E-state index contributed by atoms with van der Waals surface area (Å²) >= 11 is 0. The molecule has 4 rings (SSSR count). The van der Waals surface area contributed by atoms with Crippen molar-refractivity contribution < 1.29 is 9.47 Å². The highest BCUT2D eigenvalue weighted by atomic mass is 16.5. The third kappa shape index (κ3) is 2.62. The topological polar surface area (TPSA) is 44.5 Å². The summed E-state index contributed by atoms with van der Waals surface area (Å²) in [6.07, 6.45) is 2.55. The molecule has 0 radical (unpaired) electrons. The summed E-state index contributed by atoms with van der Waals surface area (Å²) in [7, 11) is 1.68. The van der Waals surface area contributed by atoms with Crippen LogP contribution in [-0.4, -0.2) is 7.11 Å². The van der Waals surface area contributed by atoms with Gasteiger partial charge in [-0.15, -0.1) is 6.58 Å². The van der Waals surface area contributed by atoms with Crippen molar-refractivity contribution >= 4 is 5.69 Å². The molecule has 3 heteroatoms. The molecule has 0 bridgehead atoms. The quantitative estimate of drug-likeness (QED) is 0.494. The van der Waals surface area contributed by atoms with Gasteiger partial charge in [0, 0.05) is 23.2 Å². The first-order valence-corrected chi connectivity index (χ1v) is 8.66. The standard InChI is InChI=1S/C23H21NO2/c1-3-7-20-18-14-15(16-8-4-5-9-19(16)24)12-13-17(18)23-21(25-2)10-6-11-22(23)26-20/h3-6,8-14,20H,1,7,24H2,2H3. The molecule has 2 N–H and O–H groups in total. The molecule has 0 amide bonds. The Kier molecular flexibility index (Phi) is 4.13. The lowest BCUT2D eigenvalue weighted by Gasteiger charge is -2.30. The monoisotopic (exact) mass is 343 g/mol. The van der Waals surface area contributed by atoms with E-state index in [0.29, 0.717) is 0 Å². The number of hydrogen-bond donors (Lipinski definition) is 1. The lowest BCUT2D eigenvalue weighted by atomic mass is 9.88. The summed E-state index contributed by atoms with van der Waals surface area (Å²) in [5, 5.41) is 0. The van der Waals surface area contributed by atoms with Crippen LogP contribution in [0.1, 0.15) is 18.1 Å². The van der Waals surface area contributed by atoms with Gasteiger partial charge in [0.25, 0.3) is 0 Å². The number of anilines is 1. The van der Waals surface area contributed by atoms with Gasteiger partial charge in [-0.05, 0) is 35.4 Å². The van der Waals surface area contributed by atoms with E-state index in [1.165, 1.54) is 0 Å². The minimum Gasteiger partial charge on any atom is -0.496 e. The molecule has 3 aromatic rings. The van der Waals surface area contributed by atoms with Crippen LogP contribution in [0.25, 0.3) is 22.3 Å². The van der Waals surface area contributed by atoms with Crippen LogP contribution in [0.4, 0.5) is 5.69 Å². The fourth-order valence-electron chi connectivity index (χ4n) is 3.57. The van der Waals surface area contributed by atoms with Crippen LogP contribution in [0.3, 0.4) is 0 Å². The molecule has 3 nitrogen and oxygen atoms in total. The number of fused-ring (bicyclic) bond motifs is 3. The van der Waals surface area contributed by atoms with Gasteiger partial charge in [-0.2, -0.15) is 0 Å². The van der Waals surface area contributed by atoms with Crippen LogP contribution in [0.15, 0.2) is 73.3 Å². The number of methoxy groups -OCH3 is 1. The van der Waals surface area contributed by atoms with E-state index in [4.69, 9.17) is 15.2 Å². The highest BCUT2D eigenvalue weighted by molar-refractivity contribution is 5.85. The average molecular weight is 343 g/mol. The Hall–Kier alpha value is -3.20. The van der Waals surface area contributed by atoms with Gasteiger partial charge in [0.05, 0.1) is 12.7 Å². The van der Waals surface area contributed by atoms with Crippen molar-refractivity contribution in [3.05, 3.63) is 78.9 Å². The molecule has 0 saturated heterocycles. The lowest BCUT2D eigenvalue weighted by Crippen LogP contribution is -2.14. The molecule has 1 unspecified atom stereocenters. The number of ether oxygens (including phenoxy) is 2. The maximum atomic E-state index is 6.28. The average Bonchev–Trinajstić information content (AvgIpc) is 2.68. The zero-order valence-electron chi connectivity index (χ0n) is 14.7. The molecular weight excluding hydrogens is 322 g/mol. The van der Waals surface area contributed by atoms with E-state index >= 15 is 0 Å². The van der Waals surface area contributed by atoms with Crippen LogP contribution in [0, 0.1) is 0 Å². The van der Waals surface area contributed by atoms with E-state index in [1.54, 1.807) is 7.11 Å². The second-order valence-electron chi connectivity index (χ2n) is 6.35. The molecular formula is C23H21NO2. The molecule has 130 valence electrons. The van der Waals surface area contributed by atoms with Crippen LogP contribution < -0.4 is 15.2 Å². The number of hydrogen-bond acceptors (Lipinski definition) is 3. The van der Waals surface area contributed by atoms with Crippen LogP contribution in [-0.2, 0) is 0 Å². The largest absolute Gasteiger partial charge is 0.496 e. The predicted molar refractivity (Wildman–Crippen MR) is 106 cm³/mol. The molecule has 0 aliphatic carbocycles. The Bertz CT molecular complexity index is 978. The molecule has 1 heterocycles. The summed E-state index contributed by atoms with van der Waals surface area (Å²) in [5.74, 6) is 1.66. The van der Waals surface area contributed by atoms with Crippen molar-refractivity contribution in [2.24, 2.45) is 0 Å². The van der Waals surface area contributed by atoms with Crippen LogP contribution >= 0.6 is 0 Å². The van der Waals surface area contributed by atoms with Gasteiger partial charge in [-0.25, -0.2) is 0 Å². The molecule has 1 atom stereocenters. The van der Waals surface area contributed by atoms with E-state index in [9.17, 15) is 0 Å². The van der Waals surface area contributed by atoms with E-state index in [2.05, 4.69) is 24.8 Å². The minimum absolute atomic E-state index is 0.0769. The Morgan fingerprint density at radius 2 is 1.92 bits per heavy atom. The van der Waals surface area contributed by atoms with Crippen molar-refractivity contribution in [2.75, 3.05) is 12.8 Å². The van der Waals surface area contributed by atoms with Crippen LogP contribution in [0.2, 0.25) is 0 Å². The Labute approximate surface area is 153 Å². The number of benzene rings is 3. The molecule has 3 aromatic carbocycles. The summed E-state index contributed by atoms with van der Waals surface area (Å²) < 4.78 is 11.9. The highest BCUT2D eigenvalue weighted by Gasteiger charge is 2.28. The summed E-state index contributed by atoms with van der Waals surface area (Å²) in [6, 6.07) is 20.2. The smallest absolute Gasteiger partial charge is 0.131 e. The zero-order valence-corrected chi connectivity index (χ0v) is 14.7. The van der Waals surface area contributed by atoms with E-state index in [-0.39, 0.29) is 6.10 Å². The molecule has 1 aliphatic rings. The fraction of sp³-hybridized carbons (Fsp3) is 0.130. The van der Waals surface area contributed by atoms with Crippen LogP contribution in [0.5, 0.6) is 11.5 Å². The van der Waals surface area contributed by atoms with Gasteiger partial charge in [-0.1, -0.05) is 42.5 Å². The maximum Gasteiger partial charge on any atom is 0.131 e. The van der Waals surface area contributed by atoms with Gasteiger partial charge in [0.2, 0.25) is 0 Å². The Morgan fingerprint density at radius 1 is 1.08 bits per heavy atom. The zero-order chi connectivity index (χ0) is 18.1. The normalized spacial score (nSPS) is 14.7. The van der Waals surface area contributed by atoms with E-state index in [0.717, 1.165) is 51.4 Å². The molecule has 0 spiro atoms. The number of nitrogen functional groups attached to an aromatic ring is 1. The summed E-state index contributed by atoms with van der Waals surface area (Å²) in [4.78, 5) is 0. The number of rotatable bonds is 4. The number of para-hydroxylation sites is 1. The third-order valence-electron chi connectivity index (χ3n) is 4.80.